The normalized spacial score (nSPS) is 15.5. The topological polar surface area (TPSA) is 0 Å². The molecule has 0 heterocycles. The fourth-order valence-electron chi connectivity index (χ4n) is 1.12. The van der Waals surface area contributed by atoms with E-state index in [2.05, 4.69) is 15.9 Å². The number of alkyl halides is 1. The summed E-state index contributed by atoms with van der Waals surface area (Å²) in [6, 6.07) is 4.27. The highest BCUT2D eigenvalue weighted by molar-refractivity contribution is 9.09. The minimum atomic E-state index is -0.780. The zero-order valence-electron chi connectivity index (χ0n) is 7.52. The van der Waals surface area contributed by atoms with Gasteiger partial charge in [0.1, 0.15) is 0 Å². The predicted molar refractivity (Wildman–Crippen MR) is 53.2 cm³/mol. The molecule has 1 aromatic rings. The highest BCUT2D eigenvalue weighted by atomic mass is 79.9. The quantitative estimate of drug-likeness (QED) is 0.698. The zero-order chi connectivity index (χ0) is 10.0. The van der Waals surface area contributed by atoms with Gasteiger partial charge in [0, 0.05) is 4.83 Å². The molecule has 0 fully saturated rings. The minimum absolute atomic E-state index is 0.0318. The third-order valence-electron chi connectivity index (χ3n) is 2.16. The Labute approximate surface area is 85.1 Å². The van der Waals surface area contributed by atoms with Crippen LogP contribution in [0.25, 0.3) is 0 Å². The van der Waals surface area contributed by atoms with Crippen LogP contribution in [0.15, 0.2) is 18.2 Å². The molecule has 0 radical (unpaired) electrons. The molecule has 0 N–H and O–H groups in total. The van der Waals surface area contributed by atoms with Gasteiger partial charge in [-0.2, -0.15) is 0 Å². The third-order valence-corrected chi connectivity index (χ3v) is 2.95. The first kappa shape index (κ1) is 10.6. The largest absolute Gasteiger partial charge is 0.204 e. The Morgan fingerprint density at radius 3 is 2.38 bits per heavy atom. The van der Waals surface area contributed by atoms with Crippen molar-refractivity contribution in [3.63, 3.8) is 0 Å². The second-order valence-corrected chi connectivity index (χ2v) is 4.55. The van der Waals surface area contributed by atoms with Gasteiger partial charge < -0.3 is 0 Å². The van der Waals surface area contributed by atoms with Crippen LogP contribution in [0.3, 0.4) is 0 Å². The highest BCUT2D eigenvalue weighted by Crippen LogP contribution is 2.27. The molecule has 2 atom stereocenters. The van der Waals surface area contributed by atoms with Crippen molar-refractivity contribution in [2.24, 2.45) is 0 Å². The van der Waals surface area contributed by atoms with Crippen LogP contribution in [0.4, 0.5) is 8.78 Å². The lowest BCUT2D eigenvalue weighted by Crippen LogP contribution is -2.07. The van der Waals surface area contributed by atoms with E-state index in [4.69, 9.17) is 0 Å². The van der Waals surface area contributed by atoms with Crippen molar-refractivity contribution < 1.29 is 8.78 Å². The van der Waals surface area contributed by atoms with Crippen LogP contribution >= 0.6 is 15.9 Å². The molecule has 0 saturated heterocycles. The van der Waals surface area contributed by atoms with Crippen LogP contribution in [0.2, 0.25) is 0 Å². The van der Waals surface area contributed by atoms with E-state index < -0.39 is 11.6 Å². The second-order valence-electron chi connectivity index (χ2n) is 3.11. The van der Waals surface area contributed by atoms with E-state index in [0.29, 0.717) is 5.56 Å². The lowest BCUT2D eigenvalue weighted by atomic mass is 9.98. The van der Waals surface area contributed by atoms with Gasteiger partial charge in [-0.25, -0.2) is 8.78 Å². The van der Waals surface area contributed by atoms with E-state index in [1.807, 2.05) is 13.8 Å². The van der Waals surface area contributed by atoms with Crippen molar-refractivity contribution in [3.8, 4) is 0 Å². The molecule has 13 heavy (non-hydrogen) atoms. The summed E-state index contributed by atoms with van der Waals surface area (Å²) >= 11 is 3.35. The van der Waals surface area contributed by atoms with Gasteiger partial charge in [0.05, 0.1) is 0 Å². The Balaban J connectivity index is 3.07. The van der Waals surface area contributed by atoms with Gasteiger partial charge in [0.2, 0.25) is 0 Å². The van der Waals surface area contributed by atoms with Gasteiger partial charge >= 0.3 is 0 Å². The van der Waals surface area contributed by atoms with Gasteiger partial charge in [-0.05, 0) is 17.5 Å². The van der Waals surface area contributed by atoms with E-state index >= 15 is 0 Å². The van der Waals surface area contributed by atoms with Crippen molar-refractivity contribution in [2.45, 2.75) is 24.6 Å². The summed E-state index contributed by atoms with van der Waals surface area (Å²) in [4.78, 5) is 0.129. The maximum atomic E-state index is 13.2. The summed E-state index contributed by atoms with van der Waals surface area (Å²) in [5.74, 6) is -1.55. The first-order valence-electron chi connectivity index (χ1n) is 4.12. The highest BCUT2D eigenvalue weighted by Gasteiger charge is 2.17. The van der Waals surface area contributed by atoms with Crippen LogP contribution in [-0.4, -0.2) is 4.83 Å². The fraction of sp³-hybridized carbons (Fsp3) is 0.400. The second kappa shape index (κ2) is 4.18. The van der Waals surface area contributed by atoms with Crippen molar-refractivity contribution in [1.29, 1.82) is 0 Å². The molecule has 0 aliphatic heterocycles. The molecule has 0 aliphatic rings. The molecule has 0 aliphatic carbocycles. The fourth-order valence-corrected chi connectivity index (χ4v) is 1.40. The van der Waals surface area contributed by atoms with Crippen LogP contribution in [-0.2, 0) is 0 Å². The summed E-state index contributed by atoms with van der Waals surface area (Å²) in [6.45, 7) is 3.77. The number of hydrogen-bond donors (Lipinski definition) is 0. The molecular formula is C10H11BrF2. The van der Waals surface area contributed by atoms with E-state index in [0.717, 1.165) is 6.07 Å². The molecule has 0 spiro atoms. The first-order chi connectivity index (χ1) is 6.04. The summed E-state index contributed by atoms with van der Waals surface area (Å²) < 4.78 is 26.0. The Hall–Kier alpha value is -0.440. The number of benzene rings is 1. The number of rotatable bonds is 2. The average molecular weight is 249 g/mol. The summed E-state index contributed by atoms with van der Waals surface area (Å²) in [5, 5.41) is 0. The Morgan fingerprint density at radius 2 is 1.85 bits per heavy atom. The van der Waals surface area contributed by atoms with Crippen LogP contribution in [0, 0.1) is 11.6 Å². The van der Waals surface area contributed by atoms with Crippen LogP contribution < -0.4 is 0 Å². The van der Waals surface area contributed by atoms with Gasteiger partial charge in [-0.3, -0.25) is 0 Å². The molecule has 0 nitrogen and oxygen atoms in total. The Kier molecular flexibility index (Phi) is 3.42. The van der Waals surface area contributed by atoms with Crippen LogP contribution in [0.1, 0.15) is 25.3 Å². The molecule has 0 amide bonds. The number of hydrogen-bond acceptors (Lipinski definition) is 0. The monoisotopic (exact) mass is 248 g/mol. The molecule has 2 unspecified atom stereocenters. The predicted octanol–water partition coefficient (Wildman–Crippen LogP) is 3.85. The smallest absolute Gasteiger partial charge is 0.162 e. The minimum Gasteiger partial charge on any atom is -0.204 e. The van der Waals surface area contributed by atoms with Crippen molar-refractivity contribution >= 4 is 15.9 Å². The molecule has 72 valence electrons. The van der Waals surface area contributed by atoms with Gasteiger partial charge in [-0.1, -0.05) is 41.9 Å². The molecule has 0 aromatic heterocycles. The number of halogens is 3. The summed E-state index contributed by atoms with van der Waals surface area (Å²) in [5.41, 5.74) is 0.421. The van der Waals surface area contributed by atoms with Crippen molar-refractivity contribution in [3.05, 3.63) is 35.4 Å². The standard InChI is InChI=1S/C10H11BrF2/c1-6(7(2)11)8-4-3-5-9(12)10(8)13/h3-7H,1-2H3. The summed E-state index contributed by atoms with van der Waals surface area (Å²) in [7, 11) is 0. The molecular weight excluding hydrogens is 238 g/mol. The average Bonchev–Trinajstić information content (AvgIpc) is 2.08. The lowest BCUT2D eigenvalue weighted by molar-refractivity contribution is 0.490. The van der Waals surface area contributed by atoms with E-state index in [-0.39, 0.29) is 10.7 Å². The zero-order valence-corrected chi connectivity index (χ0v) is 9.11. The third kappa shape index (κ3) is 2.27. The van der Waals surface area contributed by atoms with E-state index in [1.54, 1.807) is 6.07 Å². The Morgan fingerprint density at radius 1 is 1.23 bits per heavy atom. The van der Waals surface area contributed by atoms with Crippen LogP contribution in [0.5, 0.6) is 0 Å². The van der Waals surface area contributed by atoms with Gasteiger partial charge in [0.25, 0.3) is 0 Å². The SMILES string of the molecule is CC(Br)C(C)c1cccc(F)c1F. The first-order valence-corrected chi connectivity index (χ1v) is 5.03. The molecule has 0 saturated carbocycles. The molecule has 1 aromatic carbocycles. The molecule has 1 rings (SSSR count). The van der Waals surface area contributed by atoms with E-state index in [1.165, 1.54) is 6.07 Å². The Bertz CT molecular complexity index is 297. The maximum Gasteiger partial charge on any atom is 0.162 e. The van der Waals surface area contributed by atoms with Gasteiger partial charge in [-0.15, -0.1) is 0 Å². The van der Waals surface area contributed by atoms with Crippen molar-refractivity contribution in [1.82, 2.24) is 0 Å². The molecule has 3 heteroatoms. The maximum absolute atomic E-state index is 13.2. The van der Waals surface area contributed by atoms with Crippen molar-refractivity contribution in [2.75, 3.05) is 0 Å². The van der Waals surface area contributed by atoms with Gasteiger partial charge in [0.15, 0.2) is 11.6 Å². The lowest BCUT2D eigenvalue weighted by Gasteiger charge is -2.15. The van der Waals surface area contributed by atoms with E-state index in [9.17, 15) is 8.78 Å². The molecule has 0 bridgehead atoms. The summed E-state index contributed by atoms with van der Waals surface area (Å²) in [6.07, 6.45) is 0.